The molecule has 0 amide bonds. The molecule has 0 atom stereocenters. The average Bonchev–Trinajstić information content (AvgIpc) is 2.90. The third-order valence-electron chi connectivity index (χ3n) is 3.56. The summed E-state index contributed by atoms with van der Waals surface area (Å²) < 4.78 is 45.0. The molecule has 24 heavy (non-hydrogen) atoms. The summed E-state index contributed by atoms with van der Waals surface area (Å²) in [6.07, 6.45) is -3.39. The van der Waals surface area contributed by atoms with Crippen LogP contribution in [0.2, 0.25) is 0 Å². The quantitative estimate of drug-likeness (QED) is 0.730. The van der Waals surface area contributed by atoms with E-state index in [4.69, 9.17) is 4.42 Å². The minimum absolute atomic E-state index is 0.0923. The topological polar surface area (TPSA) is 48.0 Å². The highest BCUT2D eigenvalue weighted by Crippen LogP contribution is 2.26. The normalized spacial score (nSPS) is 11.7. The summed E-state index contributed by atoms with van der Waals surface area (Å²) in [7, 11) is 0. The van der Waals surface area contributed by atoms with Crippen molar-refractivity contribution < 1.29 is 17.6 Å². The van der Waals surface area contributed by atoms with Gasteiger partial charge in [-0.15, -0.1) is 0 Å². The van der Waals surface area contributed by atoms with Crippen molar-refractivity contribution >= 4 is 0 Å². The predicted molar refractivity (Wildman–Crippen MR) is 81.5 cm³/mol. The van der Waals surface area contributed by atoms with Crippen molar-refractivity contribution in [1.82, 2.24) is 9.55 Å². The second-order valence-corrected chi connectivity index (χ2v) is 5.24. The lowest BCUT2D eigenvalue weighted by atomic mass is 10.2. The number of hydrogen-bond donors (Lipinski definition) is 0. The van der Waals surface area contributed by atoms with Gasteiger partial charge in [0.15, 0.2) is 0 Å². The second kappa shape index (κ2) is 5.99. The van der Waals surface area contributed by atoms with Gasteiger partial charge in [0.25, 0.3) is 5.56 Å². The molecule has 0 radical (unpaired) electrons. The maximum Gasteiger partial charge on any atom is 0.421 e. The Balaban J connectivity index is 1.96. The molecule has 0 bridgehead atoms. The number of benzene rings is 1. The van der Waals surface area contributed by atoms with Gasteiger partial charge < -0.3 is 8.98 Å². The molecule has 0 saturated heterocycles. The number of alkyl halides is 3. The predicted octanol–water partition coefficient (Wildman–Crippen LogP) is 3.88. The summed E-state index contributed by atoms with van der Waals surface area (Å²) in [5.41, 5.74) is -1.14. The van der Waals surface area contributed by atoms with E-state index in [0.29, 0.717) is 17.3 Å². The third kappa shape index (κ3) is 3.10. The summed E-state index contributed by atoms with van der Waals surface area (Å²) in [5, 5.41) is 0. The van der Waals surface area contributed by atoms with Crippen molar-refractivity contribution in [1.29, 1.82) is 0 Å². The molecule has 7 heteroatoms. The SMILES string of the molecule is Cc1oc(-c2ccccc2)nc1Cn1cccc(C(F)(F)F)c1=O. The van der Waals surface area contributed by atoms with E-state index in [0.717, 1.165) is 16.2 Å². The molecule has 2 aromatic heterocycles. The smallest absolute Gasteiger partial charge is 0.421 e. The molecule has 1 aromatic carbocycles. The van der Waals surface area contributed by atoms with Crippen molar-refractivity contribution in [2.24, 2.45) is 0 Å². The molecular formula is C17H13F3N2O2. The van der Waals surface area contributed by atoms with Gasteiger partial charge in [-0.1, -0.05) is 18.2 Å². The lowest BCUT2D eigenvalue weighted by molar-refractivity contribution is -0.138. The average molecular weight is 334 g/mol. The number of halogens is 3. The van der Waals surface area contributed by atoms with Crippen LogP contribution < -0.4 is 5.56 Å². The number of oxazole rings is 1. The largest absolute Gasteiger partial charge is 0.441 e. The molecule has 0 saturated carbocycles. The monoisotopic (exact) mass is 334 g/mol. The molecule has 0 N–H and O–H groups in total. The standard InChI is InChI=1S/C17H13F3N2O2/c1-11-14(21-15(24-11)12-6-3-2-4-7-12)10-22-9-5-8-13(16(22)23)17(18,19)20/h2-9H,10H2,1H3. The van der Waals surface area contributed by atoms with Crippen LogP contribution in [0, 0.1) is 6.92 Å². The first kappa shape index (κ1) is 16.0. The number of pyridine rings is 1. The first-order valence-electron chi connectivity index (χ1n) is 7.14. The van der Waals surface area contributed by atoms with Crippen molar-refractivity contribution in [3.05, 3.63) is 76.0 Å². The first-order valence-corrected chi connectivity index (χ1v) is 7.14. The lowest BCUT2D eigenvalue weighted by Crippen LogP contribution is -2.28. The molecule has 0 aliphatic rings. The van der Waals surface area contributed by atoms with Gasteiger partial charge >= 0.3 is 6.18 Å². The highest BCUT2D eigenvalue weighted by atomic mass is 19.4. The van der Waals surface area contributed by atoms with Crippen molar-refractivity contribution in [3.8, 4) is 11.5 Å². The first-order chi connectivity index (χ1) is 11.4. The van der Waals surface area contributed by atoms with Crippen molar-refractivity contribution in [2.45, 2.75) is 19.6 Å². The number of rotatable bonds is 3. The molecule has 0 spiro atoms. The van der Waals surface area contributed by atoms with Crippen LogP contribution >= 0.6 is 0 Å². The minimum atomic E-state index is -4.69. The van der Waals surface area contributed by atoms with Gasteiger partial charge in [-0.05, 0) is 31.2 Å². The molecule has 0 aliphatic carbocycles. The maximum atomic E-state index is 12.8. The van der Waals surface area contributed by atoms with Crippen LogP contribution in [-0.4, -0.2) is 9.55 Å². The molecule has 124 valence electrons. The Labute approximate surface area is 135 Å². The van der Waals surface area contributed by atoms with E-state index in [9.17, 15) is 18.0 Å². The Morgan fingerprint density at radius 3 is 2.50 bits per heavy atom. The van der Waals surface area contributed by atoms with Gasteiger partial charge in [0.05, 0.1) is 6.54 Å². The summed E-state index contributed by atoms with van der Waals surface area (Å²) in [6.45, 7) is 1.57. The molecular weight excluding hydrogens is 321 g/mol. The van der Waals surface area contributed by atoms with Crippen molar-refractivity contribution in [3.63, 3.8) is 0 Å². The van der Waals surface area contributed by atoms with Gasteiger partial charge in [0.2, 0.25) is 5.89 Å². The summed E-state index contributed by atoms with van der Waals surface area (Å²) in [6, 6.07) is 11.1. The van der Waals surface area contributed by atoms with Crippen LogP contribution in [0.3, 0.4) is 0 Å². The lowest BCUT2D eigenvalue weighted by Gasteiger charge is -2.09. The minimum Gasteiger partial charge on any atom is -0.441 e. The number of aryl methyl sites for hydroxylation is 1. The molecule has 2 heterocycles. The maximum absolute atomic E-state index is 12.8. The van der Waals surface area contributed by atoms with Crippen LogP contribution in [0.1, 0.15) is 17.0 Å². The van der Waals surface area contributed by atoms with Gasteiger partial charge in [0.1, 0.15) is 17.0 Å². The van der Waals surface area contributed by atoms with Gasteiger partial charge in [-0.2, -0.15) is 13.2 Å². The zero-order valence-corrected chi connectivity index (χ0v) is 12.7. The Morgan fingerprint density at radius 2 is 1.83 bits per heavy atom. The molecule has 0 unspecified atom stereocenters. The Kier molecular flexibility index (Phi) is 4.01. The van der Waals surface area contributed by atoms with Crippen LogP contribution in [-0.2, 0) is 12.7 Å². The van der Waals surface area contributed by atoms with Gasteiger partial charge in [0, 0.05) is 11.8 Å². The Bertz CT molecular complexity index is 912. The van der Waals surface area contributed by atoms with E-state index >= 15 is 0 Å². The van der Waals surface area contributed by atoms with Crippen LogP contribution in [0.25, 0.3) is 11.5 Å². The zero-order chi connectivity index (χ0) is 17.3. The number of hydrogen-bond acceptors (Lipinski definition) is 3. The van der Waals surface area contributed by atoms with E-state index in [1.165, 1.54) is 12.3 Å². The highest BCUT2D eigenvalue weighted by molar-refractivity contribution is 5.53. The fourth-order valence-corrected chi connectivity index (χ4v) is 2.32. The van der Waals surface area contributed by atoms with Crippen LogP contribution in [0.4, 0.5) is 13.2 Å². The van der Waals surface area contributed by atoms with E-state index < -0.39 is 17.3 Å². The van der Waals surface area contributed by atoms with E-state index in [1.54, 1.807) is 6.92 Å². The fraction of sp³-hybridized carbons (Fsp3) is 0.176. The van der Waals surface area contributed by atoms with Crippen molar-refractivity contribution in [2.75, 3.05) is 0 Å². The molecule has 4 nitrogen and oxygen atoms in total. The second-order valence-electron chi connectivity index (χ2n) is 5.24. The fourth-order valence-electron chi connectivity index (χ4n) is 2.32. The van der Waals surface area contributed by atoms with E-state index in [1.807, 2.05) is 30.3 Å². The molecule has 0 fully saturated rings. The zero-order valence-electron chi connectivity index (χ0n) is 12.7. The Hall–Kier alpha value is -2.83. The summed E-state index contributed by atoms with van der Waals surface area (Å²) in [5.74, 6) is 0.821. The number of nitrogens with zero attached hydrogens (tertiary/aromatic N) is 2. The summed E-state index contributed by atoms with van der Waals surface area (Å²) >= 11 is 0. The third-order valence-corrected chi connectivity index (χ3v) is 3.56. The van der Waals surface area contributed by atoms with E-state index in [2.05, 4.69) is 4.98 Å². The van der Waals surface area contributed by atoms with Gasteiger partial charge in [-0.25, -0.2) is 4.98 Å². The molecule has 3 aromatic rings. The van der Waals surface area contributed by atoms with Crippen LogP contribution in [0.5, 0.6) is 0 Å². The molecule has 3 rings (SSSR count). The Morgan fingerprint density at radius 1 is 1.12 bits per heavy atom. The molecule has 0 aliphatic heterocycles. The van der Waals surface area contributed by atoms with Gasteiger partial charge in [-0.3, -0.25) is 4.79 Å². The summed E-state index contributed by atoms with van der Waals surface area (Å²) in [4.78, 5) is 16.3. The highest BCUT2D eigenvalue weighted by Gasteiger charge is 2.34. The van der Waals surface area contributed by atoms with Crippen LogP contribution in [0.15, 0.2) is 57.9 Å². The van der Waals surface area contributed by atoms with E-state index in [-0.39, 0.29) is 6.54 Å². The number of aromatic nitrogens is 2.